The number of benzene rings is 2. The van der Waals surface area contributed by atoms with Crippen molar-refractivity contribution < 1.29 is 9.63 Å². The van der Waals surface area contributed by atoms with Gasteiger partial charge < -0.3 is 9.74 Å². The van der Waals surface area contributed by atoms with E-state index in [1.54, 1.807) is 12.1 Å². The van der Waals surface area contributed by atoms with Gasteiger partial charge in [0, 0.05) is 44.0 Å². The first-order chi connectivity index (χ1) is 12.7. The lowest BCUT2D eigenvalue weighted by molar-refractivity contribution is -0.0537. The van der Waals surface area contributed by atoms with Crippen LogP contribution in [-0.4, -0.2) is 35.1 Å². The van der Waals surface area contributed by atoms with Crippen LogP contribution in [0.3, 0.4) is 0 Å². The number of nitrogens with zero attached hydrogens (tertiary/aromatic N) is 2. The number of carbonyl (C=O) groups excluding carboxylic acids is 1. The highest BCUT2D eigenvalue weighted by atomic mass is 16.7. The first-order valence-electron chi connectivity index (χ1n) is 8.91. The van der Waals surface area contributed by atoms with Crippen molar-refractivity contribution in [2.45, 2.75) is 24.9 Å². The lowest BCUT2D eigenvalue weighted by Gasteiger charge is -2.35. The summed E-state index contributed by atoms with van der Waals surface area (Å²) < 4.78 is 0. The molecule has 2 aromatic rings. The van der Waals surface area contributed by atoms with Crippen LogP contribution in [-0.2, 0) is 4.84 Å². The summed E-state index contributed by atoms with van der Waals surface area (Å²) in [5, 5.41) is 4.33. The number of Topliss-reactive ketones (excluding diaryl/α,β-unsaturated/α-hetero) is 1. The Morgan fingerprint density at radius 1 is 1.00 bits per heavy atom. The third-order valence-electron chi connectivity index (χ3n) is 4.98. The Kier molecular flexibility index (Phi) is 4.45. The number of hydrogen-bond donors (Lipinski definition) is 0. The number of likely N-dealkylation sites (tertiary alicyclic amines) is 1. The van der Waals surface area contributed by atoms with E-state index in [1.807, 2.05) is 41.3 Å². The quantitative estimate of drug-likeness (QED) is 0.619. The average Bonchev–Trinajstić information content (AvgIpc) is 3.12. The molecule has 0 aromatic heterocycles. The molecule has 0 N–H and O–H groups in total. The van der Waals surface area contributed by atoms with Crippen molar-refractivity contribution in [2.75, 3.05) is 13.1 Å². The molecule has 4 heteroatoms. The molecule has 0 radical (unpaired) electrons. The fourth-order valence-electron chi connectivity index (χ4n) is 3.39. The highest BCUT2D eigenvalue weighted by Gasteiger charge is 2.42. The van der Waals surface area contributed by atoms with Gasteiger partial charge in [-0.1, -0.05) is 65.8 Å². The van der Waals surface area contributed by atoms with Gasteiger partial charge in [0.2, 0.25) is 5.78 Å². The Morgan fingerprint density at radius 2 is 1.65 bits per heavy atom. The molecule has 1 saturated heterocycles. The van der Waals surface area contributed by atoms with E-state index in [4.69, 9.17) is 4.84 Å². The summed E-state index contributed by atoms with van der Waals surface area (Å²) in [6.07, 6.45) is 2.56. The van der Waals surface area contributed by atoms with Gasteiger partial charge in [-0.2, -0.15) is 0 Å². The maximum atomic E-state index is 12.1. The molecule has 1 spiro atoms. The van der Waals surface area contributed by atoms with E-state index >= 15 is 0 Å². The van der Waals surface area contributed by atoms with Crippen LogP contribution in [0.2, 0.25) is 0 Å². The Hall–Kier alpha value is -3.06. The minimum absolute atomic E-state index is 0.141. The third-order valence-corrected chi connectivity index (χ3v) is 4.98. The molecule has 0 aliphatic carbocycles. The summed E-state index contributed by atoms with van der Waals surface area (Å²) >= 11 is 0. The molecule has 4 rings (SSSR count). The fraction of sp³-hybridized carbons (Fsp3) is 0.273. The number of oxime groups is 1. The molecule has 1 fully saturated rings. The average molecular weight is 344 g/mol. The van der Waals surface area contributed by atoms with E-state index in [-0.39, 0.29) is 11.4 Å². The molecule has 130 valence electrons. The van der Waals surface area contributed by atoms with Crippen LogP contribution in [0.25, 0.3) is 0 Å². The first-order valence-corrected chi connectivity index (χ1v) is 8.91. The van der Waals surface area contributed by atoms with Crippen LogP contribution in [0.15, 0.2) is 65.8 Å². The number of piperidine rings is 1. The maximum absolute atomic E-state index is 12.1. The lowest BCUT2D eigenvalue weighted by Crippen LogP contribution is -2.42. The van der Waals surface area contributed by atoms with Crippen molar-refractivity contribution >= 4 is 11.5 Å². The van der Waals surface area contributed by atoms with E-state index < -0.39 is 0 Å². The summed E-state index contributed by atoms with van der Waals surface area (Å²) in [6.45, 7) is 1.57. The summed E-state index contributed by atoms with van der Waals surface area (Å²) in [5.41, 5.74) is 2.56. The Morgan fingerprint density at radius 3 is 2.35 bits per heavy atom. The molecular weight excluding hydrogens is 324 g/mol. The molecule has 2 aliphatic rings. The molecule has 26 heavy (non-hydrogen) atoms. The van der Waals surface area contributed by atoms with Crippen molar-refractivity contribution in [2.24, 2.45) is 5.16 Å². The van der Waals surface area contributed by atoms with E-state index in [9.17, 15) is 4.79 Å². The van der Waals surface area contributed by atoms with Crippen LogP contribution in [0.4, 0.5) is 0 Å². The molecule has 0 unspecified atom stereocenters. The Labute approximate surface area is 153 Å². The smallest absolute Gasteiger partial charge is 0.237 e. The zero-order chi connectivity index (χ0) is 17.8. The SMILES string of the molecule is O=C(C#CN1CCC2(CC1)CC(c1ccccc1)=NO2)c1ccccc1. The van der Waals surface area contributed by atoms with Crippen molar-refractivity contribution in [3.63, 3.8) is 0 Å². The topological polar surface area (TPSA) is 41.9 Å². The van der Waals surface area contributed by atoms with E-state index in [1.165, 1.54) is 0 Å². The van der Waals surface area contributed by atoms with Gasteiger partial charge in [0.1, 0.15) is 5.60 Å². The summed E-state index contributed by atoms with van der Waals surface area (Å²) in [6, 6.07) is 22.3. The van der Waals surface area contributed by atoms with Crippen molar-refractivity contribution in [1.82, 2.24) is 4.90 Å². The normalized spacial score (nSPS) is 17.8. The number of ketones is 1. The van der Waals surface area contributed by atoms with E-state index in [2.05, 4.69) is 29.3 Å². The third kappa shape index (κ3) is 3.48. The van der Waals surface area contributed by atoms with Crippen molar-refractivity contribution in [1.29, 1.82) is 0 Å². The zero-order valence-electron chi connectivity index (χ0n) is 14.5. The predicted octanol–water partition coefficient (Wildman–Crippen LogP) is 3.49. The van der Waals surface area contributed by atoms with Gasteiger partial charge in [0.05, 0.1) is 5.71 Å². The molecule has 4 nitrogen and oxygen atoms in total. The Bertz CT molecular complexity index is 871. The minimum Gasteiger partial charge on any atom is -0.388 e. The van der Waals surface area contributed by atoms with Crippen LogP contribution in [0, 0.1) is 12.0 Å². The fourth-order valence-corrected chi connectivity index (χ4v) is 3.39. The van der Waals surface area contributed by atoms with Crippen molar-refractivity contribution in [3.05, 3.63) is 71.8 Å². The van der Waals surface area contributed by atoms with Crippen molar-refractivity contribution in [3.8, 4) is 12.0 Å². The summed E-state index contributed by atoms with van der Waals surface area (Å²) in [5.74, 6) is 2.61. The van der Waals surface area contributed by atoms with Gasteiger partial charge in [-0.25, -0.2) is 0 Å². The summed E-state index contributed by atoms with van der Waals surface area (Å²) in [7, 11) is 0. The van der Waals surface area contributed by atoms with Gasteiger partial charge in [0.15, 0.2) is 0 Å². The number of hydrogen-bond acceptors (Lipinski definition) is 4. The van der Waals surface area contributed by atoms with E-state index in [0.717, 1.165) is 43.6 Å². The van der Waals surface area contributed by atoms with Crippen LogP contribution < -0.4 is 0 Å². The maximum Gasteiger partial charge on any atom is 0.237 e. The van der Waals surface area contributed by atoms with Crippen LogP contribution in [0.5, 0.6) is 0 Å². The molecule has 0 saturated carbocycles. The van der Waals surface area contributed by atoms with Gasteiger partial charge in [-0.15, -0.1) is 0 Å². The van der Waals surface area contributed by atoms with Gasteiger partial charge in [0.25, 0.3) is 0 Å². The summed E-state index contributed by atoms with van der Waals surface area (Å²) in [4.78, 5) is 19.9. The lowest BCUT2D eigenvalue weighted by atomic mass is 9.85. The van der Waals surface area contributed by atoms with Gasteiger partial charge in [-0.05, 0) is 11.5 Å². The molecule has 2 aromatic carbocycles. The minimum atomic E-state index is -0.215. The molecular formula is C22H20N2O2. The van der Waals surface area contributed by atoms with Crippen LogP contribution in [0.1, 0.15) is 35.2 Å². The number of rotatable bonds is 2. The second-order valence-electron chi connectivity index (χ2n) is 6.77. The second-order valence-corrected chi connectivity index (χ2v) is 6.77. The first kappa shape index (κ1) is 16.4. The largest absolute Gasteiger partial charge is 0.388 e. The van der Waals surface area contributed by atoms with Crippen LogP contribution >= 0.6 is 0 Å². The molecule has 0 atom stereocenters. The van der Waals surface area contributed by atoms with Gasteiger partial charge in [-0.3, -0.25) is 4.79 Å². The standard InChI is InChI=1S/C22H20N2O2/c25-21(19-9-5-2-6-10-19)11-14-24-15-12-22(13-16-24)17-20(23-26-22)18-7-3-1-4-8-18/h1-10H,12-13,15-17H2. The highest BCUT2D eigenvalue weighted by molar-refractivity contribution is 6.08. The molecule has 2 heterocycles. The zero-order valence-corrected chi connectivity index (χ0v) is 14.5. The molecule has 0 bridgehead atoms. The van der Waals surface area contributed by atoms with E-state index in [0.29, 0.717) is 5.56 Å². The second kappa shape index (κ2) is 7.05. The Balaban J connectivity index is 1.34. The number of carbonyl (C=O) groups is 1. The monoisotopic (exact) mass is 344 g/mol. The predicted molar refractivity (Wildman–Crippen MR) is 101 cm³/mol. The van der Waals surface area contributed by atoms with Gasteiger partial charge >= 0.3 is 0 Å². The molecule has 2 aliphatic heterocycles. The highest BCUT2D eigenvalue weighted by Crippen LogP contribution is 2.35. The molecule has 0 amide bonds.